The molecule has 2 saturated carbocycles. The molecular weight excluding hydrogens is 297 g/mol. The Bertz CT molecular complexity index is 307. The van der Waals surface area contributed by atoms with Gasteiger partial charge in [0, 0.05) is 6.42 Å². The van der Waals surface area contributed by atoms with E-state index < -0.39 is 12.6 Å². The highest BCUT2D eigenvalue weighted by Crippen LogP contribution is 2.44. The van der Waals surface area contributed by atoms with Crippen LogP contribution < -0.4 is 0 Å². The SMILES string of the molecule is CCCCCCC1CCC(C2CCC(CC(F)(F)F)CC2)CC1. The summed E-state index contributed by atoms with van der Waals surface area (Å²) >= 11 is 0. The van der Waals surface area contributed by atoms with E-state index in [2.05, 4.69) is 6.92 Å². The van der Waals surface area contributed by atoms with Gasteiger partial charge in [0.15, 0.2) is 0 Å². The summed E-state index contributed by atoms with van der Waals surface area (Å²) in [6.07, 6.45) is 11.5. The van der Waals surface area contributed by atoms with E-state index in [-0.39, 0.29) is 5.92 Å². The summed E-state index contributed by atoms with van der Waals surface area (Å²) in [5, 5.41) is 0. The summed E-state index contributed by atoms with van der Waals surface area (Å²) in [5.41, 5.74) is 0. The smallest absolute Gasteiger partial charge is 0.171 e. The normalized spacial score (nSPS) is 32.9. The van der Waals surface area contributed by atoms with Gasteiger partial charge >= 0.3 is 6.18 Å². The molecule has 136 valence electrons. The standard InChI is InChI=1S/C20H35F3/c1-2-3-4-5-6-16-7-11-18(12-8-16)19-13-9-17(10-14-19)15-20(21,22)23/h16-19H,2-15H2,1H3. The maximum absolute atomic E-state index is 12.5. The molecule has 2 aliphatic carbocycles. The average molecular weight is 332 g/mol. The minimum atomic E-state index is -3.96. The Labute approximate surface area is 140 Å². The Kier molecular flexibility index (Phi) is 7.75. The van der Waals surface area contributed by atoms with Crippen molar-refractivity contribution in [2.75, 3.05) is 0 Å². The van der Waals surface area contributed by atoms with Crippen LogP contribution in [-0.4, -0.2) is 6.18 Å². The van der Waals surface area contributed by atoms with E-state index in [9.17, 15) is 13.2 Å². The third-order valence-corrected chi connectivity index (χ3v) is 6.44. The average Bonchev–Trinajstić information content (AvgIpc) is 2.52. The van der Waals surface area contributed by atoms with Crippen LogP contribution in [0.1, 0.15) is 96.8 Å². The van der Waals surface area contributed by atoms with E-state index >= 15 is 0 Å². The maximum Gasteiger partial charge on any atom is 0.389 e. The lowest BCUT2D eigenvalue weighted by Crippen LogP contribution is -2.27. The predicted octanol–water partition coefficient (Wildman–Crippen LogP) is 7.52. The molecule has 0 nitrogen and oxygen atoms in total. The Morgan fingerprint density at radius 3 is 1.70 bits per heavy atom. The Hall–Kier alpha value is -0.210. The van der Waals surface area contributed by atoms with Crippen molar-refractivity contribution in [2.24, 2.45) is 23.7 Å². The second kappa shape index (κ2) is 9.32. The first kappa shape index (κ1) is 19.1. The first-order valence-corrected chi connectivity index (χ1v) is 10.0. The van der Waals surface area contributed by atoms with Crippen molar-refractivity contribution in [3.05, 3.63) is 0 Å². The van der Waals surface area contributed by atoms with Gasteiger partial charge in [-0.2, -0.15) is 13.2 Å². The van der Waals surface area contributed by atoms with Gasteiger partial charge in [-0.05, 0) is 62.2 Å². The largest absolute Gasteiger partial charge is 0.389 e. The molecule has 0 aromatic rings. The number of rotatable bonds is 7. The number of hydrogen-bond donors (Lipinski definition) is 0. The van der Waals surface area contributed by atoms with Gasteiger partial charge in [0.25, 0.3) is 0 Å². The second-order valence-corrected chi connectivity index (χ2v) is 8.23. The van der Waals surface area contributed by atoms with Gasteiger partial charge in [0.05, 0.1) is 0 Å². The highest BCUT2D eigenvalue weighted by Gasteiger charge is 2.36. The van der Waals surface area contributed by atoms with Crippen LogP contribution in [0.5, 0.6) is 0 Å². The number of halogens is 3. The highest BCUT2D eigenvalue weighted by molar-refractivity contribution is 4.82. The van der Waals surface area contributed by atoms with Crippen molar-refractivity contribution in [2.45, 2.75) is 103 Å². The zero-order valence-corrected chi connectivity index (χ0v) is 14.8. The van der Waals surface area contributed by atoms with Gasteiger partial charge in [-0.1, -0.05) is 51.9 Å². The predicted molar refractivity (Wildman–Crippen MR) is 90.3 cm³/mol. The molecule has 23 heavy (non-hydrogen) atoms. The Morgan fingerprint density at radius 1 is 0.696 bits per heavy atom. The number of hydrogen-bond acceptors (Lipinski definition) is 0. The first-order valence-electron chi connectivity index (χ1n) is 10.0. The van der Waals surface area contributed by atoms with Crippen LogP contribution in [0.4, 0.5) is 13.2 Å². The van der Waals surface area contributed by atoms with E-state index in [0.717, 1.165) is 43.4 Å². The lowest BCUT2D eigenvalue weighted by atomic mass is 9.68. The monoisotopic (exact) mass is 332 g/mol. The highest BCUT2D eigenvalue weighted by atomic mass is 19.4. The van der Waals surface area contributed by atoms with Crippen LogP contribution >= 0.6 is 0 Å². The zero-order valence-electron chi connectivity index (χ0n) is 14.8. The molecule has 2 rings (SSSR count). The van der Waals surface area contributed by atoms with Crippen molar-refractivity contribution in [1.29, 1.82) is 0 Å². The van der Waals surface area contributed by atoms with Crippen LogP contribution in [0.15, 0.2) is 0 Å². The van der Waals surface area contributed by atoms with Crippen LogP contribution in [0.3, 0.4) is 0 Å². The summed E-state index contributed by atoms with van der Waals surface area (Å²) in [7, 11) is 0. The minimum absolute atomic E-state index is 0.0962. The van der Waals surface area contributed by atoms with Gasteiger partial charge in [-0.25, -0.2) is 0 Å². The van der Waals surface area contributed by atoms with Gasteiger partial charge in [-0.15, -0.1) is 0 Å². The third kappa shape index (κ3) is 7.05. The van der Waals surface area contributed by atoms with Crippen molar-refractivity contribution in [3.8, 4) is 0 Å². The summed E-state index contributed by atoms with van der Waals surface area (Å²) < 4.78 is 37.5. The van der Waals surface area contributed by atoms with Gasteiger partial charge < -0.3 is 0 Å². The Morgan fingerprint density at radius 2 is 1.22 bits per heavy atom. The summed E-state index contributed by atoms with van der Waals surface area (Å²) in [5.74, 6) is 2.38. The third-order valence-electron chi connectivity index (χ3n) is 6.44. The number of unbranched alkanes of at least 4 members (excludes halogenated alkanes) is 3. The first-order chi connectivity index (χ1) is 11.0. The lowest BCUT2D eigenvalue weighted by Gasteiger charge is -2.38. The van der Waals surface area contributed by atoms with E-state index in [4.69, 9.17) is 0 Å². The summed E-state index contributed by atoms with van der Waals surface area (Å²) in [4.78, 5) is 0. The van der Waals surface area contributed by atoms with Gasteiger partial charge in [0.1, 0.15) is 0 Å². The fraction of sp³-hybridized carbons (Fsp3) is 1.00. The van der Waals surface area contributed by atoms with Crippen LogP contribution in [0.25, 0.3) is 0 Å². The fourth-order valence-electron chi connectivity index (χ4n) is 5.00. The van der Waals surface area contributed by atoms with Crippen molar-refractivity contribution >= 4 is 0 Å². The molecule has 0 aliphatic heterocycles. The van der Waals surface area contributed by atoms with Crippen LogP contribution in [0.2, 0.25) is 0 Å². The quantitative estimate of drug-likeness (QED) is 0.423. The molecule has 0 atom stereocenters. The Balaban J connectivity index is 1.61. The molecular formula is C20H35F3. The molecule has 0 heterocycles. The van der Waals surface area contributed by atoms with Crippen LogP contribution in [-0.2, 0) is 0 Å². The van der Waals surface area contributed by atoms with E-state index in [1.165, 1.54) is 57.8 Å². The minimum Gasteiger partial charge on any atom is -0.171 e. The number of alkyl halides is 3. The maximum atomic E-state index is 12.5. The molecule has 3 heteroatoms. The molecule has 0 saturated heterocycles. The van der Waals surface area contributed by atoms with E-state index in [1.807, 2.05) is 0 Å². The molecule has 0 N–H and O–H groups in total. The molecule has 0 amide bonds. The van der Waals surface area contributed by atoms with E-state index in [0.29, 0.717) is 0 Å². The molecule has 0 aromatic heterocycles. The van der Waals surface area contributed by atoms with Crippen LogP contribution in [0, 0.1) is 23.7 Å². The van der Waals surface area contributed by atoms with Gasteiger partial charge in [0.2, 0.25) is 0 Å². The molecule has 2 fully saturated rings. The van der Waals surface area contributed by atoms with Gasteiger partial charge in [-0.3, -0.25) is 0 Å². The second-order valence-electron chi connectivity index (χ2n) is 8.23. The summed E-state index contributed by atoms with van der Waals surface area (Å²) in [6, 6.07) is 0. The van der Waals surface area contributed by atoms with Crippen molar-refractivity contribution < 1.29 is 13.2 Å². The zero-order chi connectivity index (χ0) is 16.7. The van der Waals surface area contributed by atoms with Crippen molar-refractivity contribution in [3.63, 3.8) is 0 Å². The topological polar surface area (TPSA) is 0 Å². The molecule has 0 aromatic carbocycles. The van der Waals surface area contributed by atoms with E-state index in [1.54, 1.807) is 0 Å². The lowest BCUT2D eigenvalue weighted by molar-refractivity contribution is -0.147. The molecule has 0 unspecified atom stereocenters. The molecule has 2 aliphatic rings. The summed E-state index contributed by atoms with van der Waals surface area (Å²) in [6.45, 7) is 2.26. The molecule has 0 radical (unpaired) electrons. The molecule has 0 bridgehead atoms. The fourth-order valence-corrected chi connectivity index (χ4v) is 5.00. The molecule has 0 spiro atoms. The van der Waals surface area contributed by atoms with Crippen molar-refractivity contribution in [1.82, 2.24) is 0 Å².